The Morgan fingerprint density at radius 1 is 1.22 bits per heavy atom. The van der Waals surface area contributed by atoms with Crippen molar-refractivity contribution in [1.29, 1.82) is 0 Å². The number of sulfonamides is 1. The van der Waals surface area contributed by atoms with E-state index in [0.29, 0.717) is 37.8 Å². The Kier molecular flexibility index (Phi) is 4.45. The molecule has 1 fully saturated rings. The molecule has 23 heavy (non-hydrogen) atoms. The largest absolute Gasteiger partial charge is 0.490 e. The fourth-order valence-corrected chi connectivity index (χ4v) is 3.85. The average molecular weight is 340 g/mol. The number of ether oxygens (including phenoxy) is 2. The highest BCUT2D eigenvalue weighted by Crippen LogP contribution is 2.31. The number of rotatable bonds is 4. The number of amides is 1. The van der Waals surface area contributed by atoms with E-state index < -0.39 is 10.0 Å². The van der Waals surface area contributed by atoms with Crippen molar-refractivity contribution >= 4 is 15.9 Å². The zero-order chi connectivity index (χ0) is 16.4. The molecule has 2 aliphatic rings. The number of hydrogen-bond acceptors (Lipinski definition) is 5. The molecule has 8 heteroatoms. The number of benzene rings is 1. The lowest BCUT2D eigenvalue weighted by Crippen LogP contribution is -2.27. The van der Waals surface area contributed by atoms with Gasteiger partial charge in [0.15, 0.2) is 11.5 Å². The first-order valence-corrected chi connectivity index (χ1v) is 9.29. The Bertz CT molecular complexity index is 704. The topological polar surface area (TPSA) is 98.9 Å². The van der Waals surface area contributed by atoms with Gasteiger partial charge in [-0.2, -0.15) is 0 Å². The van der Waals surface area contributed by atoms with Crippen LogP contribution < -0.4 is 14.6 Å². The van der Waals surface area contributed by atoms with Crippen LogP contribution in [0.2, 0.25) is 0 Å². The van der Waals surface area contributed by atoms with E-state index in [0.717, 1.165) is 12.0 Å². The normalized spacial score (nSPS) is 21.3. The zero-order valence-electron chi connectivity index (χ0n) is 12.7. The summed E-state index contributed by atoms with van der Waals surface area (Å²) >= 11 is 0. The molecule has 0 bridgehead atoms. The van der Waals surface area contributed by atoms with E-state index >= 15 is 0 Å². The van der Waals surface area contributed by atoms with Crippen molar-refractivity contribution < 1.29 is 22.7 Å². The Morgan fingerprint density at radius 2 is 1.96 bits per heavy atom. The van der Waals surface area contributed by atoms with Gasteiger partial charge in [0.05, 0.1) is 19.0 Å². The van der Waals surface area contributed by atoms with Gasteiger partial charge in [0.1, 0.15) is 0 Å². The van der Waals surface area contributed by atoms with Gasteiger partial charge >= 0.3 is 0 Å². The molecular weight excluding hydrogens is 320 g/mol. The summed E-state index contributed by atoms with van der Waals surface area (Å²) in [6.07, 6.45) is 1.06. The summed E-state index contributed by atoms with van der Waals surface area (Å²) in [5.41, 5.74) is 0.929. The molecule has 126 valence electrons. The zero-order valence-corrected chi connectivity index (χ0v) is 13.5. The maximum atomic E-state index is 12.1. The molecule has 1 amide bonds. The van der Waals surface area contributed by atoms with Gasteiger partial charge in [-0.25, -0.2) is 13.6 Å². The molecule has 7 nitrogen and oxygen atoms in total. The summed E-state index contributed by atoms with van der Waals surface area (Å²) in [7, 11) is -3.56. The fraction of sp³-hybridized carbons (Fsp3) is 0.533. The van der Waals surface area contributed by atoms with Crippen molar-refractivity contribution in [3.8, 4) is 11.5 Å². The van der Waals surface area contributed by atoms with Gasteiger partial charge in [-0.3, -0.25) is 4.79 Å². The van der Waals surface area contributed by atoms with E-state index in [1.165, 1.54) is 0 Å². The van der Waals surface area contributed by atoms with Gasteiger partial charge in [0, 0.05) is 31.8 Å². The van der Waals surface area contributed by atoms with Gasteiger partial charge in [-0.05, 0) is 17.7 Å². The molecular formula is C15H20N2O5S. The first-order chi connectivity index (χ1) is 10.9. The van der Waals surface area contributed by atoms with Crippen LogP contribution in [0.1, 0.15) is 18.4 Å². The maximum absolute atomic E-state index is 12.1. The highest BCUT2D eigenvalue weighted by Gasteiger charge is 2.32. The second-order valence-corrected chi connectivity index (χ2v) is 7.66. The van der Waals surface area contributed by atoms with Crippen molar-refractivity contribution in [2.24, 2.45) is 11.1 Å². The van der Waals surface area contributed by atoms with Gasteiger partial charge < -0.3 is 14.4 Å². The molecule has 0 aromatic heterocycles. The third kappa shape index (κ3) is 4.14. The first-order valence-electron chi connectivity index (χ1n) is 7.57. The monoisotopic (exact) mass is 340 g/mol. The minimum atomic E-state index is -3.56. The minimum Gasteiger partial charge on any atom is -0.490 e. The van der Waals surface area contributed by atoms with Crippen LogP contribution in [0.15, 0.2) is 18.2 Å². The SMILES string of the molecule is NS(=O)(=O)CC1CC(=O)N(Cc2ccc3c(c2)OCCCO3)C1. The fourth-order valence-electron chi connectivity index (χ4n) is 2.97. The van der Waals surface area contributed by atoms with Crippen LogP contribution in [0.5, 0.6) is 11.5 Å². The third-order valence-corrected chi connectivity index (χ3v) is 4.88. The number of fused-ring (bicyclic) bond motifs is 1. The molecule has 2 heterocycles. The molecule has 2 N–H and O–H groups in total. The van der Waals surface area contributed by atoms with Crippen molar-refractivity contribution in [1.82, 2.24) is 4.90 Å². The van der Waals surface area contributed by atoms with Gasteiger partial charge in [0.2, 0.25) is 15.9 Å². The Balaban J connectivity index is 1.67. The van der Waals surface area contributed by atoms with Crippen LogP contribution >= 0.6 is 0 Å². The Morgan fingerprint density at radius 3 is 2.70 bits per heavy atom. The Labute approximate surface area is 135 Å². The van der Waals surface area contributed by atoms with Crippen LogP contribution in [0, 0.1) is 5.92 Å². The number of likely N-dealkylation sites (tertiary alicyclic amines) is 1. The van der Waals surface area contributed by atoms with Gasteiger partial charge in [-0.1, -0.05) is 6.07 Å². The van der Waals surface area contributed by atoms with Crippen LogP contribution in [0.25, 0.3) is 0 Å². The molecule has 1 atom stereocenters. The summed E-state index contributed by atoms with van der Waals surface area (Å²) in [6, 6.07) is 5.62. The quantitative estimate of drug-likeness (QED) is 0.860. The summed E-state index contributed by atoms with van der Waals surface area (Å²) in [5.74, 6) is 0.957. The number of carbonyl (C=O) groups is 1. The smallest absolute Gasteiger partial charge is 0.223 e. The molecule has 0 radical (unpaired) electrons. The van der Waals surface area contributed by atoms with Crippen LogP contribution in [-0.2, 0) is 21.4 Å². The third-order valence-electron chi connectivity index (χ3n) is 3.95. The average Bonchev–Trinajstić information content (AvgIpc) is 2.67. The molecule has 1 aromatic carbocycles. The second-order valence-electron chi connectivity index (χ2n) is 6.01. The molecule has 1 aromatic rings. The highest BCUT2D eigenvalue weighted by atomic mass is 32.2. The van der Waals surface area contributed by atoms with Crippen LogP contribution in [0.4, 0.5) is 0 Å². The number of nitrogens with two attached hydrogens (primary N) is 1. The number of nitrogens with zero attached hydrogens (tertiary/aromatic N) is 1. The lowest BCUT2D eigenvalue weighted by Gasteiger charge is -2.17. The van der Waals surface area contributed by atoms with Gasteiger partial charge in [-0.15, -0.1) is 0 Å². The molecule has 0 saturated carbocycles. The van der Waals surface area contributed by atoms with Gasteiger partial charge in [0.25, 0.3) is 0 Å². The van der Waals surface area contributed by atoms with Crippen molar-refractivity contribution in [3.05, 3.63) is 23.8 Å². The van der Waals surface area contributed by atoms with Crippen LogP contribution in [0.3, 0.4) is 0 Å². The Hall–Kier alpha value is -1.80. The van der Waals surface area contributed by atoms with E-state index in [-0.39, 0.29) is 24.0 Å². The summed E-state index contributed by atoms with van der Waals surface area (Å²) in [4.78, 5) is 13.7. The second kappa shape index (κ2) is 6.37. The lowest BCUT2D eigenvalue weighted by molar-refractivity contribution is -0.128. The summed E-state index contributed by atoms with van der Waals surface area (Å²) in [5, 5.41) is 5.06. The summed E-state index contributed by atoms with van der Waals surface area (Å²) < 4.78 is 33.6. The van der Waals surface area contributed by atoms with Crippen molar-refractivity contribution in [2.75, 3.05) is 25.5 Å². The number of carbonyl (C=O) groups excluding carboxylic acids is 1. The van der Waals surface area contributed by atoms with E-state index in [2.05, 4.69) is 0 Å². The molecule has 0 aliphatic carbocycles. The molecule has 1 unspecified atom stereocenters. The standard InChI is InChI=1S/C15H20N2O5S/c16-23(19,20)10-12-7-15(18)17(9-12)8-11-2-3-13-14(6-11)22-5-1-4-21-13/h2-3,6,12H,1,4-5,7-10H2,(H2,16,19,20). The first kappa shape index (κ1) is 16.1. The number of hydrogen-bond donors (Lipinski definition) is 1. The molecule has 3 rings (SSSR count). The predicted molar refractivity (Wildman–Crippen MR) is 83.5 cm³/mol. The van der Waals surface area contributed by atoms with E-state index in [4.69, 9.17) is 14.6 Å². The summed E-state index contributed by atoms with van der Waals surface area (Å²) in [6.45, 7) is 2.07. The van der Waals surface area contributed by atoms with E-state index in [1.54, 1.807) is 4.90 Å². The van der Waals surface area contributed by atoms with E-state index in [9.17, 15) is 13.2 Å². The highest BCUT2D eigenvalue weighted by molar-refractivity contribution is 7.89. The molecule has 1 saturated heterocycles. The van der Waals surface area contributed by atoms with Crippen molar-refractivity contribution in [3.63, 3.8) is 0 Å². The number of primary sulfonamides is 1. The minimum absolute atomic E-state index is 0.0502. The van der Waals surface area contributed by atoms with E-state index in [1.807, 2.05) is 18.2 Å². The maximum Gasteiger partial charge on any atom is 0.223 e. The van der Waals surface area contributed by atoms with Crippen LogP contribution in [-0.4, -0.2) is 44.7 Å². The predicted octanol–water partition coefficient (Wildman–Crippen LogP) is 0.485. The molecule has 2 aliphatic heterocycles. The lowest BCUT2D eigenvalue weighted by atomic mass is 10.1. The molecule has 0 spiro atoms. The van der Waals surface area contributed by atoms with Crippen molar-refractivity contribution in [2.45, 2.75) is 19.4 Å².